The standard InChI is InChI=1S/C17H10ClN3O5/c18-13-3-2-12(21(23)24)7-14(13)20-17(22)11(8-19)5-10-1-4-15-16(6-10)26-9-25-15/h1-7H,9H2,(H,20,22)/b11-5+. The van der Waals surface area contributed by atoms with Crippen molar-refractivity contribution in [1.82, 2.24) is 0 Å². The summed E-state index contributed by atoms with van der Waals surface area (Å²) in [5.74, 6) is 0.347. The average Bonchev–Trinajstić information content (AvgIpc) is 3.08. The Bertz CT molecular complexity index is 981. The van der Waals surface area contributed by atoms with Crippen molar-refractivity contribution in [2.24, 2.45) is 0 Å². The number of benzene rings is 2. The minimum absolute atomic E-state index is 0.0395. The molecule has 0 aromatic heterocycles. The van der Waals surface area contributed by atoms with Crippen LogP contribution in [0.1, 0.15) is 5.56 Å². The summed E-state index contributed by atoms with van der Waals surface area (Å²) < 4.78 is 10.4. The summed E-state index contributed by atoms with van der Waals surface area (Å²) in [5, 5.41) is 22.6. The number of halogens is 1. The molecule has 130 valence electrons. The Kier molecular flexibility index (Phi) is 4.73. The first kappa shape index (κ1) is 17.3. The molecule has 9 heteroatoms. The molecule has 2 aromatic carbocycles. The van der Waals surface area contributed by atoms with Gasteiger partial charge in [0.2, 0.25) is 6.79 Å². The summed E-state index contributed by atoms with van der Waals surface area (Å²) in [6.45, 7) is 0.110. The molecule has 2 aromatic rings. The van der Waals surface area contributed by atoms with Gasteiger partial charge in [-0.25, -0.2) is 0 Å². The molecule has 0 saturated heterocycles. The van der Waals surface area contributed by atoms with E-state index < -0.39 is 10.8 Å². The second-order valence-electron chi connectivity index (χ2n) is 5.16. The molecule has 0 atom stereocenters. The van der Waals surface area contributed by atoms with Crippen molar-refractivity contribution in [1.29, 1.82) is 5.26 Å². The molecule has 1 amide bonds. The first-order valence-corrected chi connectivity index (χ1v) is 7.62. The molecular formula is C17H10ClN3O5. The van der Waals surface area contributed by atoms with Crippen LogP contribution in [0, 0.1) is 21.4 Å². The second kappa shape index (κ2) is 7.13. The van der Waals surface area contributed by atoms with Gasteiger partial charge in [-0.1, -0.05) is 17.7 Å². The number of anilines is 1. The number of carbonyl (C=O) groups is 1. The summed E-state index contributed by atoms with van der Waals surface area (Å²) >= 11 is 5.95. The van der Waals surface area contributed by atoms with Crippen LogP contribution in [0.4, 0.5) is 11.4 Å². The molecule has 1 N–H and O–H groups in total. The van der Waals surface area contributed by atoms with E-state index >= 15 is 0 Å². The fourth-order valence-corrected chi connectivity index (χ4v) is 2.40. The maximum absolute atomic E-state index is 12.3. The summed E-state index contributed by atoms with van der Waals surface area (Å²) in [6.07, 6.45) is 1.36. The minimum atomic E-state index is -0.743. The van der Waals surface area contributed by atoms with Crippen molar-refractivity contribution in [2.75, 3.05) is 12.1 Å². The second-order valence-corrected chi connectivity index (χ2v) is 5.57. The van der Waals surface area contributed by atoms with Crippen LogP contribution in [0.2, 0.25) is 5.02 Å². The lowest BCUT2D eigenvalue weighted by atomic mass is 10.1. The molecule has 0 fully saturated rings. The van der Waals surface area contributed by atoms with Crippen molar-refractivity contribution in [3.8, 4) is 17.6 Å². The van der Waals surface area contributed by atoms with Gasteiger partial charge in [0.25, 0.3) is 11.6 Å². The summed E-state index contributed by atoms with van der Waals surface area (Å²) in [5.41, 5.74) is 0.165. The van der Waals surface area contributed by atoms with Crippen LogP contribution in [0.5, 0.6) is 11.5 Å². The van der Waals surface area contributed by atoms with Gasteiger partial charge in [-0.2, -0.15) is 5.26 Å². The van der Waals surface area contributed by atoms with Gasteiger partial charge in [0, 0.05) is 12.1 Å². The van der Waals surface area contributed by atoms with Crippen molar-refractivity contribution in [3.63, 3.8) is 0 Å². The number of hydrogen-bond donors (Lipinski definition) is 1. The number of rotatable bonds is 4. The number of nitriles is 1. The van der Waals surface area contributed by atoms with Gasteiger partial charge in [-0.05, 0) is 29.8 Å². The van der Waals surface area contributed by atoms with Crippen LogP contribution in [0.15, 0.2) is 42.0 Å². The van der Waals surface area contributed by atoms with E-state index in [9.17, 15) is 20.2 Å². The first-order chi connectivity index (χ1) is 12.5. The van der Waals surface area contributed by atoms with Crippen molar-refractivity contribution in [3.05, 3.63) is 62.7 Å². The molecule has 0 unspecified atom stereocenters. The molecule has 0 bridgehead atoms. The Labute approximate surface area is 152 Å². The zero-order valence-corrected chi connectivity index (χ0v) is 13.8. The third kappa shape index (κ3) is 3.58. The van der Waals surface area contributed by atoms with Gasteiger partial charge < -0.3 is 14.8 Å². The quantitative estimate of drug-likeness (QED) is 0.380. The number of fused-ring (bicyclic) bond motifs is 1. The fraction of sp³-hybridized carbons (Fsp3) is 0.0588. The van der Waals surface area contributed by atoms with E-state index in [4.69, 9.17) is 21.1 Å². The molecule has 8 nitrogen and oxygen atoms in total. The topological polar surface area (TPSA) is 114 Å². The minimum Gasteiger partial charge on any atom is -0.454 e. The van der Waals surface area contributed by atoms with E-state index in [0.29, 0.717) is 17.1 Å². The monoisotopic (exact) mass is 371 g/mol. The van der Waals surface area contributed by atoms with Gasteiger partial charge in [0.1, 0.15) is 11.6 Å². The Hall–Kier alpha value is -3.57. The number of nitrogens with zero attached hydrogens (tertiary/aromatic N) is 2. The Morgan fingerprint density at radius 2 is 2.04 bits per heavy atom. The lowest BCUT2D eigenvalue weighted by Gasteiger charge is -2.06. The molecule has 26 heavy (non-hydrogen) atoms. The van der Waals surface area contributed by atoms with E-state index in [1.807, 2.05) is 0 Å². The number of non-ortho nitro benzene ring substituents is 1. The maximum atomic E-state index is 12.3. The van der Waals surface area contributed by atoms with Crippen molar-refractivity contribution >= 4 is 35.0 Å². The fourth-order valence-electron chi connectivity index (χ4n) is 2.23. The number of nitro benzene ring substituents is 1. The van der Waals surface area contributed by atoms with Crippen LogP contribution in [0.3, 0.4) is 0 Å². The number of hydrogen-bond acceptors (Lipinski definition) is 6. The molecular weight excluding hydrogens is 362 g/mol. The first-order valence-electron chi connectivity index (χ1n) is 7.24. The highest BCUT2D eigenvalue weighted by atomic mass is 35.5. The lowest BCUT2D eigenvalue weighted by Crippen LogP contribution is -2.14. The largest absolute Gasteiger partial charge is 0.454 e. The maximum Gasteiger partial charge on any atom is 0.271 e. The van der Waals surface area contributed by atoms with E-state index in [1.54, 1.807) is 24.3 Å². The zero-order chi connectivity index (χ0) is 18.7. The zero-order valence-electron chi connectivity index (χ0n) is 13.1. The third-order valence-corrected chi connectivity index (χ3v) is 3.81. The highest BCUT2D eigenvalue weighted by molar-refractivity contribution is 6.34. The van der Waals surface area contributed by atoms with Crippen LogP contribution < -0.4 is 14.8 Å². The van der Waals surface area contributed by atoms with Crippen LogP contribution in [0.25, 0.3) is 6.08 Å². The van der Waals surface area contributed by atoms with Gasteiger partial charge in [-0.3, -0.25) is 14.9 Å². The van der Waals surface area contributed by atoms with Crippen LogP contribution in [-0.2, 0) is 4.79 Å². The predicted molar refractivity (Wildman–Crippen MR) is 92.9 cm³/mol. The van der Waals surface area contributed by atoms with Crippen LogP contribution in [-0.4, -0.2) is 17.6 Å². The van der Waals surface area contributed by atoms with E-state index in [1.165, 1.54) is 18.2 Å². The van der Waals surface area contributed by atoms with Gasteiger partial charge >= 0.3 is 0 Å². The summed E-state index contributed by atoms with van der Waals surface area (Å²) in [6, 6.07) is 10.4. The smallest absolute Gasteiger partial charge is 0.271 e. The molecule has 1 heterocycles. The predicted octanol–water partition coefficient (Wildman–Crippen LogP) is 3.52. The van der Waals surface area contributed by atoms with E-state index in [2.05, 4.69) is 5.32 Å². The molecule has 1 aliphatic rings. The van der Waals surface area contributed by atoms with E-state index in [0.717, 1.165) is 6.07 Å². The molecule has 0 saturated carbocycles. The number of nitrogens with one attached hydrogen (secondary N) is 1. The number of amides is 1. The molecule has 1 aliphatic heterocycles. The molecule has 0 spiro atoms. The summed E-state index contributed by atoms with van der Waals surface area (Å²) in [7, 11) is 0. The summed E-state index contributed by atoms with van der Waals surface area (Å²) in [4.78, 5) is 22.6. The third-order valence-electron chi connectivity index (χ3n) is 3.48. The van der Waals surface area contributed by atoms with Crippen molar-refractivity contribution in [2.45, 2.75) is 0 Å². The number of ether oxygens (including phenoxy) is 2. The highest BCUT2D eigenvalue weighted by Crippen LogP contribution is 2.33. The van der Waals surface area contributed by atoms with Gasteiger partial charge in [-0.15, -0.1) is 0 Å². The van der Waals surface area contributed by atoms with Crippen LogP contribution >= 0.6 is 11.6 Å². The highest BCUT2D eigenvalue weighted by Gasteiger charge is 2.16. The van der Waals surface area contributed by atoms with Crippen molar-refractivity contribution < 1.29 is 19.2 Å². The molecule has 0 radical (unpaired) electrons. The molecule has 3 rings (SSSR count). The Morgan fingerprint density at radius 3 is 2.77 bits per heavy atom. The Morgan fingerprint density at radius 1 is 1.27 bits per heavy atom. The van der Waals surface area contributed by atoms with Gasteiger partial charge in [0.15, 0.2) is 11.5 Å². The SMILES string of the molecule is N#C/C(=C\c1ccc2c(c1)OCO2)C(=O)Nc1cc([N+](=O)[O-])ccc1Cl. The number of nitro groups is 1. The van der Waals surface area contributed by atoms with E-state index in [-0.39, 0.29) is 28.8 Å². The average molecular weight is 372 g/mol. The number of carbonyl (C=O) groups excluding carboxylic acids is 1. The molecule has 0 aliphatic carbocycles. The normalized spacial score (nSPS) is 12.4. The Balaban J connectivity index is 1.85. The van der Waals surface area contributed by atoms with Gasteiger partial charge in [0.05, 0.1) is 15.6 Å². The lowest BCUT2D eigenvalue weighted by molar-refractivity contribution is -0.384.